The Labute approximate surface area is 118 Å². The molecule has 0 bridgehead atoms. The van der Waals surface area contributed by atoms with Crippen LogP contribution in [0.3, 0.4) is 0 Å². The molecule has 0 aliphatic rings. The molecule has 0 atom stereocenters. The number of sulfonamides is 1. The Kier molecular flexibility index (Phi) is 4.23. The van der Waals surface area contributed by atoms with Gasteiger partial charge in [-0.2, -0.15) is 10.2 Å². The van der Waals surface area contributed by atoms with Crippen LogP contribution in [0.25, 0.3) is 0 Å². The molecule has 1 aromatic carbocycles. The summed E-state index contributed by atoms with van der Waals surface area (Å²) < 4.78 is 39.7. The molecule has 19 heavy (non-hydrogen) atoms. The fourth-order valence-electron chi connectivity index (χ4n) is 1.32. The molecule has 100 valence electrons. The van der Waals surface area contributed by atoms with Crippen LogP contribution >= 0.6 is 15.9 Å². The minimum atomic E-state index is -3.78. The first-order valence-corrected chi connectivity index (χ1v) is 7.48. The maximum atomic E-state index is 13.3. The van der Waals surface area contributed by atoms with Gasteiger partial charge in [0, 0.05) is 6.20 Å². The van der Waals surface area contributed by atoms with Crippen molar-refractivity contribution in [2.75, 3.05) is 0 Å². The highest BCUT2D eigenvalue weighted by Crippen LogP contribution is 2.19. The first-order valence-electron chi connectivity index (χ1n) is 5.20. The molecule has 0 fully saturated rings. The van der Waals surface area contributed by atoms with Crippen LogP contribution in [0.1, 0.15) is 5.69 Å². The Balaban J connectivity index is 2.16. The summed E-state index contributed by atoms with van der Waals surface area (Å²) in [7, 11) is -3.78. The average Bonchev–Trinajstić information content (AvgIpc) is 2.41. The van der Waals surface area contributed by atoms with E-state index in [1.807, 2.05) is 0 Å². The zero-order chi connectivity index (χ0) is 13.9. The molecule has 0 unspecified atom stereocenters. The Morgan fingerprint density at radius 2 is 2.11 bits per heavy atom. The van der Waals surface area contributed by atoms with E-state index in [-0.39, 0.29) is 15.9 Å². The Morgan fingerprint density at radius 1 is 1.32 bits per heavy atom. The van der Waals surface area contributed by atoms with Gasteiger partial charge in [0.2, 0.25) is 10.0 Å². The van der Waals surface area contributed by atoms with Crippen LogP contribution in [0.5, 0.6) is 0 Å². The van der Waals surface area contributed by atoms with E-state index >= 15 is 0 Å². The molecule has 8 heteroatoms. The number of rotatable bonds is 4. The quantitative estimate of drug-likeness (QED) is 0.917. The highest BCUT2D eigenvalue weighted by Gasteiger charge is 2.15. The Bertz CT molecular complexity index is 680. The van der Waals surface area contributed by atoms with E-state index in [0.717, 1.165) is 6.07 Å². The van der Waals surface area contributed by atoms with Crippen molar-refractivity contribution in [2.24, 2.45) is 0 Å². The van der Waals surface area contributed by atoms with Gasteiger partial charge in [-0.05, 0) is 46.3 Å². The molecule has 1 aromatic heterocycles. The number of nitrogens with zero attached hydrogens (tertiary/aromatic N) is 2. The lowest BCUT2D eigenvalue weighted by atomic mass is 10.3. The summed E-state index contributed by atoms with van der Waals surface area (Å²) in [6.07, 6.45) is 1.49. The fourth-order valence-corrected chi connectivity index (χ4v) is 2.58. The van der Waals surface area contributed by atoms with E-state index < -0.39 is 15.8 Å². The molecule has 0 saturated carbocycles. The fraction of sp³-hybridized carbons (Fsp3) is 0.0909. The van der Waals surface area contributed by atoms with Gasteiger partial charge in [0.05, 0.1) is 21.6 Å². The van der Waals surface area contributed by atoms with E-state index in [9.17, 15) is 12.8 Å². The van der Waals surface area contributed by atoms with Crippen LogP contribution in [0.2, 0.25) is 0 Å². The average molecular weight is 346 g/mol. The third-order valence-electron chi connectivity index (χ3n) is 2.27. The van der Waals surface area contributed by atoms with Gasteiger partial charge < -0.3 is 0 Å². The van der Waals surface area contributed by atoms with E-state index in [1.54, 1.807) is 12.1 Å². The molecule has 1 heterocycles. The summed E-state index contributed by atoms with van der Waals surface area (Å²) >= 11 is 2.96. The van der Waals surface area contributed by atoms with Crippen LogP contribution < -0.4 is 4.72 Å². The van der Waals surface area contributed by atoms with Crippen LogP contribution in [0, 0.1) is 5.82 Å². The highest BCUT2D eigenvalue weighted by atomic mass is 79.9. The summed E-state index contributed by atoms with van der Waals surface area (Å²) in [4.78, 5) is -0.142. The molecule has 0 amide bonds. The summed E-state index contributed by atoms with van der Waals surface area (Å²) in [5.41, 5.74) is 0.476. The molecule has 5 nitrogen and oxygen atoms in total. The lowest BCUT2D eigenvalue weighted by molar-refractivity contribution is 0.575. The molecule has 0 radical (unpaired) electrons. The van der Waals surface area contributed by atoms with Crippen molar-refractivity contribution in [3.05, 3.63) is 52.5 Å². The van der Waals surface area contributed by atoms with E-state index in [1.165, 1.54) is 18.3 Å². The molecular weight excluding hydrogens is 337 g/mol. The van der Waals surface area contributed by atoms with Crippen LogP contribution in [-0.4, -0.2) is 18.6 Å². The van der Waals surface area contributed by atoms with Crippen molar-refractivity contribution in [3.8, 4) is 0 Å². The summed E-state index contributed by atoms with van der Waals surface area (Å²) in [6, 6.07) is 6.88. The molecule has 2 rings (SSSR count). The monoisotopic (exact) mass is 345 g/mol. The first kappa shape index (κ1) is 14.0. The van der Waals surface area contributed by atoms with Crippen molar-refractivity contribution in [3.63, 3.8) is 0 Å². The van der Waals surface area contributed by atoms with Gasteiger partial charge in [-0.3, -0.25) is 0 Å². The van der Waals surface area contributed by atoms with Crippen molar-refractivity contribution in [2.45, 2.75) is 11.4 Å². The van der Waals surface area contributed by atoms with E-state index in [2.05, 4.69) is 30.8 Å². The second-order valence-electron chi connectivity index (χ2n) is 3.62. The number of aromatic nitrogens is 2. The predicted molar refractivity (Wildman–Crippen MR) is 70.2 cm³/mol. The first-order chi connectivity index (χ1) is 8.99. The molecular formula is C11H9BrFN3O2S. The summed E-state index contributed by atoms with van der Waals surface area (Å²) in [5.74, 6) is -0.637. The van der Waals surface area contributed by atoms with Gasteiger partial charge in [0.25, 0.3) is 0 Å². The lowest BCUT2D eigenvalue weighted by Crippen LogP contribution is -2.24. The van der Waals surface area contributed by atoms with Crippen LogP contribution in [0.4, 0.5) is 4.39 Å². The van der Waals surface area contributed by atoms with Gasteiger partial charge in [-0.15, -0.1) is 0 Å². The normalized spacial score (nSPS) is 11.5. The second kappa shape index (κ2) is 5.72. The minimum absolute atomic E-state index is 0.00609. The number of nitrogens with one attached hydrogen (secondary N) is 1. The molecule has 0 aliphatic carbocycles. The van der Waals surface area contributed by atoms with Gasteiger partial charge >= 0.3 is 0 Å². The van der Waals surface area contributed by atoms with E-state index in [4.69, 9.17) is 0 Å². The Hall–Kier alpha value is -1.38. The second-order valence-corrected chi connectivity index (χ2v) is 6.24. The maximum absolute atomic E-state index is 13.3. The van der Waals surface area contributed by atoms with Gasteiger partial charge in [0.15, 0.2) is 0 Å². The third-order valence-corrected chi connectivity index (χ3v) is 4.31. The zero-order valence-corrected chi connectivity index (χ0v) is 11.9. The van der Waals surface area contributed by atoms with Crippen molar-refractivity contribution in [1.29, 1.82) is 0 Å². The molecule has 2 aromatic rings. The van der Waals surface area contributed by atoms with Crippen LogP contribution in [0.15, 0.2) is 45.9 Å². The topological polar surface area (TPSA) is 72.0 Å². The minimum Gasteiger partial charge on any atom is -0.207 e. The molecule has 0 saturated heterocycles. The number of hydrogen-bond acceptors (Lipinski definition) is 4. The molecule has 1 N–H and O–H groups in total. The van der Waals surface area contributed by atoms with E-state index in [0.29, 0.717) is 5.69 Å². The summed E-state index contributed by atoms with van der Waals surface area (Å²) in [6.45, 7) is -0.00609. The predicted octanol–water partition coefficient (Wildman–Crippen LogP) is 1.86. The largest absolute Gasteiger partial charge is 0.241 e. The maximum Gasteiger partial charge on any atom is 0.241 e. The zero-order valence-electron chi connectivity index (χ0n) is 9.55. The van der Waals surface area contributed by atoms with Gasteiger partial charge in [0.1, 0.15) is 5.82 Å². The van der Waals surface area contributed by atoms with Crippen molar-refractivity contribution >= 4 is 26.0 Å². The number of hydrogen-bond donors (Lipinski definition) is 1. The van der Waals surface area contributed by atoms with Crippen molar-refractivity contribution < 1.29 is 12.8 Å². The molecule has 0 aliphatic heterocycles. The lowest BCUT2D eigenvalue weighted by Gasteiger charge is -2.06. The molecule has 0 spiro atoms. The number of halogens is 2. The van der Waals surface area contributed by atoms with Gasteiger partial charge in [-0.1, -0.05) is 0 Å². The SMILES string of the molecule is O=S(=O)(NCc1cccnn1)c1ccc(Br)c(F)c1. The number of benzene rings is 1. The summed E-state index contributed by atoms with van der Waals surface area (Å²) in [5, 5.41) is 7.38. The van der Waals surface area contributed by atoms with Crippen LogP contribution in [-0.2, 0) is 16.6 Å². The highest BCUT2D eigenvalue weighted by molar-refractivity contribution is 9.10. The Morgan fingerprint density at radius 3 is 2.74 bits per heavy atom. The van der Waals surface area contributed by atoms with Gasteiger partial charge in [-0.25, -0.2) is 17.5 Å². The smallest absolute Gasteiger partial charge is 0.207 e. The standard InChI is InChI=1S/C11H9BrFN3O2S/c12-10-4-3-9(6-11(10)13)19(17,18)15-7-8-2-1-5-14-16-8/h1-6,15H,7H2. The van der Waals surface area contributed by atoms with Crippen molar-refractivity contribution in [1.82, 2.24) is 14.9 Å². The third kappa shape index (κ3) is 3.55.